The molecule has 0 aromatic heterocycles. The summed E-state index contributed by atoms with van der Waals surface area (Å²) in [6.07, 6.45) is -0.548. The first-order valence-electron chi connectivity index (χ1n) is 11.6. The molecule has 0 spiro atoms. The minimum Gasteiger partial charge on any atom is -0.481 e. The van der Waals surface area contributed by atoms with E-state index in [1.54, 1.807) is 45.2 Å². The summed E-state index contributed by atoms with van der Waals surface area (Å²) in [4.78, 5) is 90.3. The minimum absolute atomic E-state index is 0.0665. The van der Waals surface area contributed by atoms with Crippen molar-refractivity contribution in [3.05, 3.63) is 43.7 Å². The summed E-state index contributed by atoms with van der Waals surface area (Å²) in [5, 5.41) is 6.18. The number of rotatable bonds is 12. The normalized spacial score (nSPS) is 11.0. The van der Waals surface area contributed by atoms with Gasteiger partial charge in [-0.1, -0.05) is 0 Å². The fourth-order valence-corrected chi connectivity index (χ4v) is 15.7. The van der Waals surface area contributed by atoms with Crippen molar-refractivity contribution in [3.63, 3.8) is 0 Å². The molecular formula is C25H14Cl4I6N2O8. The molecule has 0 aliphatic rings. The van der Waals surface area contributed by atoms with E-state index in [2.05, 4.69) is 0 Å². The summed E-state index contributed by atoms with van der Waals surface area (Å²) in [6, 6.07) is 0. The molecule has 0 bridgehead atoms. The molecule has 242 valence electrons. The first-order valence-corrected chi connectivity index (χ1v) is 19.6. The van der Waals surface area contributed by atoms with Crippen LogP contribution in [-0.4, -0.2) is 56.9 Å². The average Bonchev–Trinajstić information content (AvgIpc) is 2.85. The lowest BCUT2D eigenvalue weighted by Crippen LogP contribution is -2.43. The highest BCUT2D eigenvalue weighted by Crippen LogP contribution is 2.42. The van der Waals surface area contributed by atoms with Gasteiger partial charge in [0.05, 0.1) is 54.3 Å². The first-order chi connectivity index (χ1) is 20.7. The third-order valence-electron chi connectivity index (χ3n) is 6.02. The van der Waals surface area contributed by atoms with Crippen LogP contribution in [0.15, 0.2) is 0 Å². The molecule has 0 radical (unpaired) electrons. The molecule has 0 aliphatic carbocycles. The Hall–Kier alpha value is 1.07. The van der Waals surface area contributed by atoms with Gasteiger partial charge >= 0.3 is 5.97 Å². The van der Waals surface area contributed by atoms with Gasteiger partial charge in [0.15, 0.2) is 0 Å². The van der Waals surface area contributed by atoms with Crippen LogP contribution in [0.25, 0.3) is 0 Å². The Kier molecular flexibility index (Phi) is 16.7. The van der Waals surface area contributed by atoms with Crippen LogP contribution in [0.3, 0.4) is 0 Å². The van der Waals surface area contributed by atoms with Crippen molar-refractivity contribution in [2.24, 2.45) is 5.92 Å². The molecule has 0 unspecified atom stereocenters. The Bertz CT molecular complexity index is 1490. The van der Waals surface area contributed by atoms with Crippen molar-refractivity contribution in [3.8, 4) is 0 Å². The van der Waals surface area contributed by atoms with Gasteiger partial charge in [-0.2, -0.15) is 0 Å². The van der Waals surface area contributed by atoms with E-state index in [1.807, 2.05) is 90.4 Å². The number of carboxylic acids is 1. The van der Waals surface area contributed by atoms with E-state index in [0.29, 0.717) is 0 Å². The lowest BCUT2D eigenvalue weighted by Gasteiger charge is -2.33. The van der Waals surface area contributed by atoms with Crippen LogP contribution in [0, 0.1) is 27.3 Å². The van der Waals surface area contributed by atoms with Gasteiger partial charge in [0.25, 0.3) is 21.0 Å². The summed E-state index contributed by atoms with van der Waals surface area (Å²) in [5.74, 6) is -3.40. The van der Waals surface area contributed by atoms with Crippen LogP contribution >= 0.6 is 182 Å². The fraction of sp³-hybridized carbons (Fsp3) is 0.240. The highest BCUT2D eigenvalue weighted by atomic mass is 127. The zero-order chi connectivity index (χ0) is 34.8. The highest BCUT2D eigenvalue weighted by Gasteiger charge is 2.35. The molecule has 0 fully saturated rings. The van der Waals surface area contributed by atoms with Crippen molar-refractivity contribution in [2.75, 3.05) is 22.9 Å². The van der Waals surface area contributed by atoms with Crippen molar-refractivity contribution in [2.45, 2.75) is 20.3 Å². The van der Waals surface area contributed by atoms with Gasteiger partial charge in [0.2, 0.25) is 11.8 Å². The predicted molar refractivity (Wildman–Crippen MR) is 222 cm³/mol. The van der Waals surface area contributed by atoms with Crippen LogP contribution in [0.5, 0.6) is 0 Å². The largest absolute Gasteiger partial charge is 0.481 e. The molecule has 20 heteroatoms. The number of carbonyl (C=O) groups is 7. The summed E-state index contributed by atoms with van der Waals surface area (Å²) < 4.78 is 1.22. The molecule has 0 heterocycles. The van der Waals surface area contributed by atoms with Crippen LogP contribution in [0.2, 0.25) is 0 Å². The van der Waals surface area contributed by atoms with E-state index in [-0.39, 0.29) is 68.1 Å². The number of nitrogens with zero attached hydrogens (tertiary/aromatic N) is 2. The summed E-state index contributed by atoms with van der Waals surface area (Å²) in [6.45, 7) is 1.78. The Morgan fingerprint density at radius 1 is 0.556 bits per heavy atom. The SMILES string of the molecule is CC(=O)N(CC(CC(=O)O)CN(C(C)=O)c1c(I)c(C(=O)Cl)c(I)c(C(=O)Cl)c1I)c1c(I)c(C(=O)Cl)c(I)c(C(=O)Cl)c1I. The van der Waals surface area contributed by atoms with Gasteiger partial charge in [0, 0.05) is 40.0 Å². The van der Waals surface area contributed by atoms with E-state index in [4.69, 9.17) is 46.4 Å². The van der Waals surface area contributed by atoms with Gasteiger partial charge in [0.1, 0.15) is 0 Å². The van der Waals surface area contributed by atoms with Gasteiger partial charge < -0.3 is 14.9 Å². The second kappa shape index (κ2) is 17.8. The summed E-state index contributed by atoms with van der Waals surface area (Å²) in [5.41, 5.74) is -0.0615. The lowest BCUT2D eigenvalue weighted by molar-refractivity contribution is -0.138. The smallest absolute Gasteiger partial charge is 0.303 e. The van der Waals surface area contributed by atoms with Crippen molar-refractivity contribution < 1.29 is 38.7 Å². The summed E-state index contributed by atoms with van der Waals surface area (Å²) in [7, 11) is 0. The minimum atomic E-state index is -1.26. The molecule has 0 atom stereocenters. The van der Waals surface area contributed by atoms with Crippen molar-refractivity contribution in [1.29, 1.82) is 0 Å². The van der Waals surface area contributed by atoms with E-state index in [0.717, 1.165) is 0 Å². The third-order valence-corrected chi connectivity index (χ3v) is 13.1. The quantitative estimate of drug-likeness (QED) is 0.165. The third kappa shape index (κ3) is 9.65. The van der Waals surface area contributed by atoms with E-state index < -0.39 is 51.1 Å². The maximum atomic E-state index is 13.1. The van der Waals surface area contributed by atoms with Gasteiger partial charge in [-0.15, -0.1) is 0 Å². The van der Waals surface area contributed by atoms with Crippen LogP contribution < -0.4 is 9.80 Å². The van der Waals surface area contributed by atoms with Gasteiger partial charge in [-0.05, 0) is 182 Å². The maximum absolute atomic E-state index is 13.1. The van der Waals surface area contributed by atoms with Crippen LogP contribution in [-0.2, 0) is 14.4 Å². The first kappa shape index (κ1) is 42.2. The lowest BCUT2D eigenvalue weighted by atomic mass is 10.0. The van der Waals surface area contributed by atoms with Crippen LogP contribution in [0.1, 0.15) is 61.7 Å². The second-order valence-electron chi connectivity index (χ2n) is 8.90. The summed E-state index contributed by atoms with van der Waals surface area (Å²) >= 11 is 34.2. The standard InChI is InChI=1S/C25H14Cl4I6N2O8/c1-6(38)36(20-16(32)10(22(26)42)14(30)11(17(20)33)23(27)43)4-8(3-9(40)41)5-37(7(2)39)21-18(34)12(24(28)44)15(31)13(19(21)35)25(29)45/h8H,3-5H2,1-2H3,(H,40,41). The van der Waals surface area contributed by atoms with Crippen molar-refractivity contribution >= 4 is 232 Å². The molecule has 10 nitrogen and oxygen atoms in total. The zero-order valence-electron chi connectivity index (χ0n) is 22.2. The number of hydrogen-bond donors (Lipinski definition) is 1. The Morgan fingerprint density at radius 2 is 0.800 bits per heavy atom. The molecular weight excluding hydrogens is 1360 g/mol. The van der Waals surface area contributed by atoms with Crippen LogP contribution in [0.4, 0.5) is 11.4 Å². The molecule has 1 N–H and O–H groups in total. The molecule has 2 rings (SSSR count). The second-order valence-corrected chi connectivity index (χ2v) is 16.7. The number of halogens is 10. The highest BCUT2D eigenvalue weighted by molar-refractivity contribution is 14.1. The van der Waals surface area contributed by atoms with Crippen molar-refractivity contribution in [1.82, 2.24) is 0 Å². The topological polar surface area (TPSA) is 146 Å². The average molecular weight is 1370 g/mol. The molecule has 0 aliphatic heterocycles. The maximum Gasteiger partial charge on any atom is 0.303 e. The monoisotopic (exact) mass is 1370 g/mol. The Morgan fingerprint density at radius 3 is 0.978 bits per heavy atom. The Labute approximate surface area is 357 Å². The number of benzene rings is 2. The van der Waals surface area contributed by atoms with Gasteiger partial charge in [-0.3, -0.25) is 33.6 Å². The van der Waals surface area contributed by atoms with Gasteiger partial charge in [-0.25, -0.2) is 0 Å². The number of aliphatic carboxylic acids is 1. The predicted octanol–water partition coefficient (Wildman–Crippen LogP) is 8.33. The number of carbonyl (C=O) groups excluding carboxylic acids is 6. The number of hydrogen-bond acceptors (Lipinski definition) is 7. The molecule has 0 saturated carbocycles. The van der Waals surface area contributed by atoms with E-state index in [9.17, 15) is 38.7 Å². The molecule has 2 amide bonds. The fourth-order valence-electron chi connectivity index (χ4n) is 4.17. The zero-order valence-corrected chi connectivity index (χ0v) is 38.1. The number of anilines is 2. The number of amides is 2. The molecule has 2 aromatic carbocycles. The molecule has 2 aromatic rings. The molecule has 45 heavy (non-hydrogen) atoms. The van der Waals surface area contributed by atoms with E-state index >= 15 is 0 Å². The molecule has 0 saturated heterocycles. The van der Waals surface area contributed by atoms with E-state index in [1.165, 1.54) is 23.6 Å². The Balaban J connectivity index is 2.87. The number of carboxylic acid groups (broad SMARTS) is 1.